The van der Waals surface area contributed by atoms with E-state index in [0.29, 0.717) is 11.4 Å². The number of halogens is 1. The quantitative estimate of drug-likeness (QED) is 0.533. The van der Waals surface area contributed by atoms with Crippen LogP contribution in [0.4, 0.5) is 10.1 Å². The summed E-state index contributed by atoms with van der Waals surface area (Å²) in [6.45, 7) is 4.42. The highest BCUT2D eigenvalue weighted by atomic mass is 32.1. The van der Waals surface area contributed by atoms with E-state index in [1.807, 2.05) is 54.9 Å². The van der Waals surface area contributed by atoms with Gasteiger partial charge in [-0.25, -0.2) is 4.39 Å². The van der Waals surface area contributed by atoms with Crippen LogP contribution in [0.2, 0.25) is 0 Å². The van der Waals surface area contributed by atoms with Crippen LogP contribution >= 0.6 is 11.3 Å². The lowest BCUT2D eigenvalue weighted by Crippen LogP contribution is -2.11. The Morgan fingerprint density at radius 3 is 2.70 bits per heavy atom. The van der Waals surface area contributed by atoms with Crippen LogP contribution < -0.4 is 5.32 Å². The molecule has 0 saturated heterocycles. The zero-order valence-electron chi connectivity index (χ0n) is 15.0. The summed E-state index contributed by atoms with van der Waals surface area (Å²) in [6.07, 6.45) is 0. The van der Waals surface area contributed by atoms with Crippen molar-refractivity contribution in [2.24, 2.45) is 0 Å². The lowest BCUT2D eigenvalue weighted by Gasteiger charge is -2.06. The summed E-state index contributed by atoms with van der Waals surface area (Å²) < 4.78 is 15.8. The molecule has 4 nitrogen and oxygen atoms in total. The van der Waals surface area contributed by atoms with Crippen LogP contribution in [0, 0.1) is 19.7 Å². The summed E-state index contributed by atoms with van der Waals surface area (Å²) >= 11 is 1.37. The van der Waals surface area contributed by atoms with Gasteiger partial charge in [-0.1, -0.05) is 36.4 Å². The van der Waals surface area contributed by atoms with Gasteiger partial charge < -0.3 is 5.32 Å². The topological polar surface area (TPSA) is 46.9 Å². The third-order valence-corrected chi connectivity index (χ3v) is 5.52. The molecular formula is C21H18FN3OS. The van der Waals surface area contributed by atoms with Crippen LogP contribution in [0.15, 0.2) is 54.6 Å². The van der Waals surface area contributed by atoms with Crippen molar-refractivity contribution in [3.8, 4) is 0 Å². The van der Waals surface area contributed by atoms with Gasteiger partial charge in [0.05, 0.1) is 22.8 Å². The Kier molecular flexibility index (Phi) is 4.49. The maximum atomic E-state index is 13.9. The highest BCUT2D eigenvalue weighted by Crippen LogP contribution is 2.29. The van der Waals surface area contributed by atoms with Crippen molar-refractivity contribution in [3.05, 3.63) is 82.1 Å². The van der Waals surface area contributed by atoms with Gasteiger partial charge in [0, 0.05) is 5.39 Å². The van der Waals surface area contributed by atoms with Crippen LogP contribution in [0.25, 0.3) is 10.2 Å². The Hall–Kier alpha value is -2.99. The van der Waals surface area contributed by atoms with Gasteiger partial charge in [-0.2, -0.15) is 5.10 Å². The smallest absolute Gasteiger partial charge is 0.265 e. The molecule has 0 atom stereocenters. The third-order valence-electron chi connectivity index (χ3n) is 4.38. The molecule has 2 aromatic heterocycles. The van der Waals surface area contributed by atoms with E-state index in [1.54, 1.807) is 12.1 Å². The number of carbonyl (C=O) groups excluding carboxylic acids is 1. The molecule has 6 heteroatoms. The molecule has 0 unspecified atom stereocenters. The Balaban J connectivity index is 1.64. The summed E-state index contributed by atoms with van der Waals surface area (Å²) in [5, 5.41) is 8.21. The van der Waals surface area contributed by atoms with Gasteiger partial charge in [0.2, 0.25) is 0 Å². The standard InChI is InChI=1S/C21H18FN3OS/c1-13-8-9-17(22)18(10-13)23-20(26)19-11-16-14(2)24-25(21(16)27-19)12-15-6-4-3-5-7-15/h3-11H,12H2,1-2H3,(H,23,26). The second-order valence-electron chi connectivity index (χ2n) is 6.50. The van der Waals surface area contributed by atoms with E-state index < -0.39 is 5.82 Å². The number of aryl methyl sites for hydroxylation is 2. The lowest BCUT2D eigenvalue weighted by molar-refractivity contribution is 0.103. The molecule has 0 fully saturated rings. The molecule has 0 bridgehead atoms. The molecule has 136 valence electrons. The number of nitrogens with one attached hydrogen (secondary N) is 1. The molecule has 4 aromatic rings. The van der Waals surface area contributed by atoms with Crippen molar-refractivity contribution in [3.63, 3.8) is 0 Å². The normalized spacial score (nSPS) is 11.1. The Morgan fingerprint density at radius 1 is 1.15 bits per heavy atom. The Labute approximate surface area is 160 Å². The molecule has 0 aliphatic carbocycles. The van der Waals surface area contributed by atoms with E-state index in [-0.39, 0.29) is 11.6 Å². The van der Waals surface area contributed by atoms with Gasteiger partial charge in [0.25, 0.3) is 5.91 Å². The van der Waals surface area contributed by atoms with Crippen molar-refractivity contribution < 1.29 is 9.18 Å². The number of nitrogens with zero attached hydrogens (tertiary/aromatic N) is 2. The summed E-state index contributed by atoms with van der Waals surface area (Å²) in [6, 6.07) is 16.5. The minimum atomic E-state index is -0.443. The fraction of sp³-hybridized carbons (Fsp3) is 0.143. The highest BCUT2D eigenvalue weighted by molar-refractivity contribution is 7.20. The Bertz CT molecular complexity index is 1130. The molecule has 4 rings (SSSR count). The molecule has 0 aliphatic rings. The molecule has 0 spiro atoms. The molecule has 1 N–H and O–H groups in total. The fourth-order valence-electron chi connectivity index (χ4n) is 3.01. The first kappa shape index (κ1) is 17.4. The average molecular weight is 379 g/mol. The maximum Gasteiger partial charge on any atom is 0.265 e. The zero-order chi connectivity index (χ0) is 19.0. The molecule has 2 aromatic carbocycles. The SMILES string of the molecule is Cc1ccc(F)c(NC(=O)c2cc3c(C)nn(Cc4ccccc4)c3s2)c1. The van der Waals surface area contributed by atoms with Crippen LogP contribution in [-0.4, -0.2) is 15.7 Å². The zero-order valence-corrected chi connectivity index (χ0v) is 15.8. The van der Waals surface area contributed by atoms with Gasteiger partial charge in [-0.05, 0) is 43.2 Å². The van der Waals surface area contributed by atoms with E-state index in [0.717, 1.165) is 27.0 Å². The van der Waals surface area contributed by atoms with E-state index in [9.17, 15) is 9.18 Å². The summed E-state index contributed by atoms with van der Waals surface area (Å²) in [7, 11) is 0. The van der Waals surface area contributed by atoms with E-state index in [4.69, 9.17) is 0 Å². The minimum absolute atomic E-state index is 0.195. The van der Waals surface area contributed by atoms with Crippen molar-refractivity contribution in [1.82, 2.24) is 9.78 Å². The molecule has 1 amide bonds. The summed E-state index contributed by atoms with van der Waals surface area (Å²) in [5.74, 6) is -0.757. The number of thiophene rings is 1. The number of aromatic nitrogens is 2. The van der Waals surface area contributed by atoms with Crippen LogP contribution in [-0.2, 0) is 6.54 Å². The Morgan fingerprint density at radius 2 is 1.93 bits per heavy atom. The second kappa shape index (κ2) is 6.96. The molecule has 27 heavy (non-hydrogen) atoms. The minimum Gasteiger partial charge on any atom is -0.319 e. The van der Waals surface area contributed by atoms with Gasteiger partial charge in [0.1, 0.15) is 10.6 Å². The molecule has 2 heterocycles. The van der Waals surface area contributed by atoms with Gasteiger partial charge >= 0.3 is 0 Å². The maximum absolute atomic E-state index is 13.9. The number of amides is 1. The third kappa shape index (κ3) is 3.48. The van der Waals surface area contributed by atoms with Gasteiger partial charge in [-0.15, -0.1) is 11.3 Å². The monoisotopic (exact) mass is 379 g/mol. The molecule has 0 radical (unpaired) electrons. The van der Waals surface area contributed by atoms with E-state index in [1.165, 1.54) is 17.4 Å². The summed E-state index contributed by atoms with van der Waals surface area (Å²) in [4.78, 5) is 14.1. The first-order valence-electron chi connectivity index (χ1n) is 8.59. The molecular weight excluding hydrogens is 361 g/mol. The number of fused-ring (bicyclic) bond motifs is 1. The number of rotatable bonds is 4. The predicted molar refractivity (Wildman–Crippen MR) is 107 cm³/mol. The predicted octanol–water partition coefficient (Wildman–Crippen LogP) is 5.15. The first-order chi connectivity index (χ1) is 13.0. The van der Waals surface area contributed by atoms with Crippen molar-refractivity contribution in [1.29, 1.82) is 0 Å². The summed E-state index contributed by atoms with van der Waals surface area (Å²) in [5.41, 5.74) is 3.10. The molecule has 0 saturated carbocycles. The number of carbonyl (C=O) groups is 1. The largest absolute Gasteiger partial charge is 0.319 e. The van der Waals surface area contributed by atoms with Gasteiger partial charge in [0.15, 0.2) is 0 Å². The second-order valence-corrected chi connectivity index (χ2v) is 7.53. The van der Waals surface area contributed by atoms with Crippen LogP contribution in [0.1, 0.15) is 26.5 Å². The number of anilines is 1. The first-order valence-corrected chi connectivity index (χ1v) is 9.41. The van der Waals surface area contributed by atoms with Crippen molar-refractivity contribution in [2.75, 3.05) is 5.32 Å². The van der Waals surface area contributed by atoms with E-state index >= 15 is 0 Å². The lowest BCUT2D eigenvalue weighted by atomic mass is 10.2. The van der Waals surface area contributed by atoms with Crippen LogP contribution in [0.3, 0.4) is 0 Å². The van der Waals surface area contributed by atoms with Crippen molar-refractivity contribution in [2.45, 2.75) is 20.4 Å². The van der Waals surface area contributed by atoms with E-state index in [2.05, 4.69) is 10.4 Å². The fourth-order valence-corrected chi connectivity index (χ4v) is 4.06. The number of hydrogen-bond acceptors (Lipinski definition) is 3. The van der Waals surface area contributed by atoms with Crippen molar-refractivity contribution >= 4 is 33.1 Å². The molecule has 0 aliphatic heterocycles. The number of hydrogen-bond donors (Lipinski definition) is 1. The average Bonchev–Trinajstić information content (AvgIpc) is 3.21. The van der Waals surface area contributed by atoms with Crippen LogP contribution in [0.5, 0.6) is 0 Å². The van der Waals surface area contributed by atoms with Gasteiger partial charge in [-0.3, -0.25) is 9.48 Å². The number of benzene rings is 2. The highest BCUT2D eigenvalue weighted by Gasteiger charge is 2.17.